The van der Waals surface area contributed by atoms with Crippen molar-refractivity contribution in [1.29, 1.82) is 0 Å². The molecule has 0 saturated carbocycles. The summed E-state index contributed by atoms with van der Waals surface area (Å²) in [6, 6.07) is 13.4. The van der Waals surface area contributed by atoms with E-state index in [0.29, 0.717) is 42.8 Å². The third-order valence-electron chi connectivity index (χ3n) is 4.68. The lowest BCUT2D eigenvalue weighted by Gasteiger charge is -2.36. The van der Waals surface area contributed by atoms with Gasteiger partial charge in [-0.25, -0.2) is 9.18 Å². The van der Waals surface area contributed by atoms with Gasteiger partial charge >= 0.3 is 5.63 Å². The van der Waals surface area contributed by atoms with Gasteiger partial charge in [-0.1, -0.05) is 28.1 Å². The van der Waals surface area contributed by atoms with Gasteiger partial charge < -0.3 is 14.2 Å². The largest absolute Gasteiger partial charge is 0.422 e. The summed E-state index contributed by atoms with van der Waals surface area (Å²) in [5.74, 6) is -0.642. The summed E-state index contributed by atoms with van der Waals surface area (Å²) in [6.45, 7) is 1.81. The van der Waals surface area contributed by atoms with Crippen LogP contribution in [-0.4, -0.2) is 37.0 Å². The monoisotopic (exact) mass is 430 g/mol. The molecular weight excluding hydrogens is 415 g/mol. The number of amides is 1. The maximum Gasteiger partial charge on any atom is 0.349 e. The van der Waals surface area contributed by atoms with Crippen molar-refractivity contribution in [3.8, 4) is 0 Å². The number of halogens is 2. The number of benzene rings is 2. The number of anilines is 1. The Bertz CT molecular complexity index is 1070. The molecule has 5 nitrogen and oxygen atoms in total. The average molecular weight is 431 g/mol. The van der Waals surface area contributed by atoms with Gasteiger partial charge in [0.25, 0.3) is 5.91 Å². The molecule has 1 saturated heterocycles. The number of para-hydroxylation sites is 1. The minimum Gasteiger partial charge on any atom is -0.422 e. The molecule has 1 aliphatic heterocycles. The Morgan fingerprint density at radius 1 is 1.04 bits per heavy atom. The van der Waals surface area contributed by atoms with Crippen LogP contribution >= 0.6 is 15.9 Å². The number of piperazine rings is 1. The van der Waals surface area contributed by atoms with E-state index in [9.17, 15) is 14.0 Å². The number of nitrogens with zero attached hydrogens (tertiary/aromatic N) is 2. The molecule has 2 aromatic carbocycles. The van der Waals surface area contributed by atoms with Crippen LogP contribution in [0.15, 0.2) is 62.2 Å². The standard InChI is InChI=1S/C20H16BrFN2O3/c21-14-5-6-18-13(11-14)12-15(20(26)27-18)19(25)24-9-7-23(8-10-24)17-4-2-1-3-16(17)22/h1-6,11-12H,7-10H2. The predicted octanol–water partition coefficient (Wildman–Crippen LogP) is 3.66. The molecule has 0 bridgehead atoms. The summed E-state index contributed by atoms with van der Waals surface area (Å²) < 4.78 is 20.1. The number of rotatable bonds is 2. The number of carbonyl (C=O) groups is 1. The minimum absolute atomic E-state index is 0.0138. The van der Waals surface area contributed by atoms with Gasteiger partial charge in [0.2, 0.25) is 0 Å². The first-order chi connectivity index (χ1) is 13.0. The van der Waals surface area contributed by atoms with Gasteiger partial charge in [-0.2, -0.15) is 0 Å². The normalized spacial score (nSPS) is 14.6. The Kier molecular flexibility index (Phi) is 4.70. The molecule has 0 N–H and O–H groups in total. The molecular formula is C20H16BrFN2O3. The highest BCUT2D eigenvalue weighted by molar-refractivity contribution is 9.10. The molecule has 1 fully saturated rings. The van der Waals surface area contributed by atoms with Crippen molar-refractivity contribution in [2.45, 2.75) is 0 Å². The molecule has 138 valence electrons. The lowest BCUT2D eigenvalue weighted by molar-refractivity contribution is 0.0742. The fourth-order valence-electron chi connectivity index (χ4n) is 3.27. The first-order valence-electron chi connectivity index (χ1n) is 8.55. The molecule has 3 aromatic rings. The van der Waals surface area contributed by atoms with Crippen molar-refractivity contribution in [3.63, 3.8) is 0 Å². The highest BCUT2D eigenvalue weighted by Gasteiger charge is 2.26. The fraction of sp³-hybridized carbons (Fsp3) is 0.200. The van der Waals surface area contributed by atoms with Gasteiger partial charge in [-0.15, -0.1) is 0 Å². The van der Waals surface area contributed by atoms with Crippen LogP contribution in [0, 0.1) is 5.82 Å². The van der Waals surface area contributed by atoms with Crippen LogP contribution in [-0.2, 0) is 0 Å². The Morgan fingerprint density at radius 2 is 1.78 bits per heavy atom. The zero-order chi connectivity index (χ0) is 19.0. The van der Waals surface area contributed by atoms with Crippen LogP contribution in [0.5, 0.6) is 0 Å². The Balaban J connectivity index is 1.54. The topological polar surface area (TPSA) is 53.8 Å². The second kappa shape index (κ2) is 7.15. The van der Waals surface area contributed by atoms with Crippen LogP contribution in [0.2, 0.25) is 0 Å². The van der Waals surface area contributed by atoms with Gasteiger partial charge in [0.15, 0.2) is 0 Å². The fourth-order valence-corrected chi connectivity index (χ4v) is 3.65. The summed E-state index contributed by atoms with van der Waals surface area (Å²) >= 11 is 3.37. The molecule has 0 atom stereocenters. The highest BCUT2D eigenvalue weighted by Crippen LogP contribution is 2.22. The van der Waals surface area contributed by atoms with Crippen LogP contribution in [0.3, 0.4) is 0 Å². The number of fused-ring (bicyclic) bond motifs is 1. The van der Waals surface area contributed by atoms with Gasteiger partial charge in [0.1, 0.15) is 17.0 Å². The van der Waals surface area contributed by atoms with Crippen molar-refractivity contribution in [1.82, 2.24) is 4.90 Å². The molecule has 0 aliphatic carbocycles. The van der Waals surface area contributed by atoms with Crippen molar-refractivity contribution in [2.24, 2.45) is 0 Å². The van der Waals surface area contributed by atoms with Gasteiger partial charge in [0.05, 0.1) is 5.69 Å². The van der Waals surface area contributed by atoms with E-state index in [0.717, 1.165) is 4.47 Å². The van der Waals surface area contributed by atoms with Crippen molar-refractivity contribution in [3.05, 3.63) is 74.8 Å². The quantitative estimate of drug-likeness (QED) is 0.582. The van der Waals surface area contributed by atoms with E-state index in [2.05, 4.69) is 15.9 Å². The first-order valence-corrected chi connectivity index (χ1v) is 9.34. The maximum atomic E-state index is 13.9. The third-order valence-corrected chi connectivity index (χ3v) is 5.18. The van der Waals surface area contributed by atoms with E-state index in [1.165, 1.54) is 6.07 Å². The molecule has 1 aliphatic rings. The van der Waals surface area contributed by atoms with Crippen molar-refractivity contribution >= 4 is 38.5 Å². The van der Waals surface area contributed by atoms with Crippen LogP contribution in [0.1, 0.15) is 10.4 Å². The molecule has 0 spiro atoms. The van der Waals surface area contributed by atoms with E-state index < -0.39 is 5.63 Å². The van der Waals surface area contributed by atoms with Gasteiger partial charge in [-0.05, 0) is 36.4 Å². The smallest absolute Gasteiger partial charge is 0.349 e. The van der Waals surface area contributed by atoms with E-state index >= 15 is 0 Å². The zero-order valence-electron chi connectivity index (χ0n) is 14.3. The zero-order valence-corrected chi connectivity index (χ0v) is 15.9. The summed E-state index contributed by atoms with van der Waals surface area (Å²) in [6.07, 6.45) is 0. The highest BCUT2D eigenvalue weighted by atomic mass is 79.9. The maximum absolute atomic E-state index is 13.9. The molecule has 27 heavy (non-hydrogen) atoms. The first kappa shape index (κ1) is 17.7. The SMILES string of the molecule is O=C(c1cc2cc(Br)ccc2oc1=O)N1CCN(c2ccccc2F)CC1. The summed E-state index contributed by atoms with van der Waals surface area (Å²) in [7, 11) is 0. The molecule has 1 aromatic heterocycles. The Hall–Kier alpha value is -2.67. The lowest BCUT2D eigenvalue weighted by Crippen LogP contribution is -2.49. The predicted molar refractivity (Wildman–Crippen MR) is 105 cm³/mol. The lowest BCUT2D eigenvalue weighted by atomic mass is 10.1. The second-order valence-electron chi connectivity index (χ2n) is 6.36. The van der Waals surface area contributed by atoms with E-state index in [4.69, 9.17) is 4.42 Å². The molecule has 0 unspecified atom stereocenters. The Labute approximate surface area is 163 Å². The van der Waals surface area contributed by atoms with Crippen molar-refractivity contribution < 1.29 is 13.6 Å². The van der Waals surface area contributed by atoms with E-state index in [1.54, 1.807) is 47.4 Å². The van der Waals surface area contributed by atoms with Crippen LogP contribution < -0.4 is 10.5 Å². The Morgan fingerprint density at radius 3 is 2.52 bits per heavy atom. The van der Waals surface area contributed by atoms with Crippen LogP contribution in [0.25, 0.3) is 11.0 Å². The van der Waals surface area contributed by atoms with E-state index in [-0.39, 0.29) is 17.3 Å². The number of carbonyl (C=O) groups excluding carboxylic acids is 1. The molecule has 1 amide bonds. The summed E-state index contributed by atoms with van der Waals surface area (Å²) in [4.78, 5) is 28.6. The molecule has 0 radical (unpaired) electrons. The van der Waals surface area contributed by atoms with Crippen molar-refractivity contribution in [2.75, 3.05) is 31.1 Å². The van der Waals surface area contributed by atoms with Gasteiger partial charge in [0, 0.05) is 36.0 Å². The number of hydrogen-bond acceptors (Lipinski definition) is 4. The van der Waals surface area contributed by atoms with Crippen LogP contribution in [0.4, 0.5) is 10.1 Å². The van der Waals surface area contributed by atoms with E-state index in [1.807, 2.05) is 4.90 Å². The second-order valence-corrected chi connectivity index (χ2v) is 7.28. The van der Waals surface area contributed by atoms with Gasteiger partial charge in [-0.3, -0.25) is 4.79 Å². The molecule has 2 heterocycles. The summed E-state index contributed by atoms with van der Waals surface area (Å²) in [5, 5.41) is 0.678. The minimum atomic E-state index is -0.647. The molecule has 7 heteroatoms. The molecule has 4 rings (SSSR count). The third kappa shape index (κ3) is 3.47. The average Bonchev–Trinajstić information content (AvgIpc) is 2.68. The number of hydrogen-bond donors (Lipinski definition) is 0. The summed E-state index contributed by atoms with van der Waals surface area (Å²) in [5.41, 5.74) is 0.329.